The van der Waals surface area contributed by atoms with Gasteiger partial charge in [0.05, 0.1) is 30.4 Å². The average Bonchev–Trinajstić information content (AvgIpc) is 2.61. The minimum Gasteiger partial charge on any atom is -0.394 e. The Labute approximate surface area is 105 Å². The monoisotopic (exact) mass is 249 g/mol. The second-order valence-electron chi connectivity index (χ2n) is 4.45. The maximum absolute atomic E-state index is 12.2. The molecule has 1 aliphatic rings. The van der Waals surface area contributed by atoms with Crippen molar-refractivity contribution in [1.82, 2.24) is 4.90 Å². The number of fused-ring (bicyclic) bond motifs is 1. The zero-order valence-electron chi connectivity index (χ0n) is 10.3. The van der Waals surface area contributed by atoms with Gasteiger partial charge >= 0.3 is 0 Å². The van der Waals surface area contributed by atoms with Crippen LogP contribution >= 0.6 is 0 Å². The van der Waals surface area contributed by atoms with Crippen molar-refractivity contribution in [3.63, 3.8) is 0 Å². The molecular weight excluding hydrogens is 234 g/mol. The van der Waals surface area contributed by atoms with Gasteiger partial charge in [-0.1, -0.05) is 12.1 Å². The molecule has 5 heteroatoms. The van der Waals surface area contributed by atoms with E-state index in [1.165, 1.54) is 0 Å². The molecule has 2 amide bonds. The van der Waals surface area contributed by atoms with Crippen molar-refractivity contribution in [1.29, 1.82) is 0 Å². The van der Waals surface area contributed by atoms with Crippen LogP contribution in [0, 0.1) is 13.8 Å². The van der Waals surface area contributed by atoms with Crippen LogP contribution in [0.4, 0.5) is 0 Å². The molecule has 0 saturated heterocycles. The Morgan fingerprint density at radius 2 is 1.39 bits per heavy atom. The van der Waals surface area contributed by atoms with Crippen LogP contribution in [0.2, 0.25) is 0 Å². The number of nitrogens with zero attached hydrogens (tertiary/aromatic N) is 1. The molecule has 0 atom stereocenters. The van der Waals surface area contributed by atoms with E-state index in [-0.39, 0.29) is 0 Å². The van der Waals surface area contributed by atoms with Gasteiger partial charge < -0.3 is 10.2 Å². The van der Waals surface area contributed by atoms with Crippen LogP contribution in [-0.4, -0.2) is 46.2 Å². The Morgan fingerprint density at radius 1 is 1.00 bits per heavy atom. The number of aliphatic hydroxyl groups is 2. The third kappa shape index (κ3) is 1.63. The lowest BCUT2D eigenvalue weighted by atomic mass is 9.99. The van der Waals surface area contributed by atoms with Gasteiger partial charge in [-0.25, -0.2) is 0 Å². The topological polar surface area (TPSA) is 77.8 Å². The normalized spacial score (nSPS) is 14.6. The largest absolute Gasteiger partial charge is 0.394 e. The molecule has 0 aliphatic carbocycles. The first kappa shape index (κ1) is 12.7. The molecule has 0 aromatic heterocycles. The minimum atomic E-state index is -0.879. The molecular formula is C13H15NO4. The van der Waals surface area contributed by atoms with E-state index >= 15 is 0 Å². The average molecular weight is 249 g/mol. The van der Waals surface area contributed by atoms with Crippen molar-refractivity contribution < 1.29 is 19.8 Å². The van der Waals surface area contributed by atoms with E-state index in [4.69, 9.17) is 10.2 Å². The quantitative estimate of drug-likeness (QED) is 0.753. The fourth-order valence-electron chi connectivity index (χ4n) is 2.25. The summed E-state index contributed by atoms with van der Waals surface area (Å²) in [5.41, 5.74) is 2.22. The highest BCUT2D eigenvalue weighted by Gasteiger charge is 2.41. The van der Waals surface area contributed by atoms with Crippen LogP contribution in [0.15, 0.2) is 12.1 Å². The number of carbonyl (C=O) groups is 2. The highest BCUT2D eigenvalue weighted by Crippen LogP contribution is 2.29. The molecule has 0 radical (unpaired) electrons. The lowest BCUT2D eigenvalue weighted by Crippen LogP contribution is -2.44. The van der Waals surface area contributed by atoms with Crippen molar-refractivity contribution in [2.75, 3.05) is 13.2 Å². The van der Waals surface area contributed by atoms with Crippen LogP contribution in [0.5, 0.6) is 0 Å². The molecule has 0 fully saturated rings. The number of rotatable bonds is 3. The smallest absolute Gasteiger partial charge is 0.262 e. The predicted molar refractivity (Wildman–Crippen MR) is 64.4 cm³/mol. The third-order valence-corrected chi connectivity index (χ3v) is 3.27. The van der Waals surface area contributed by atoms with E-state index in [1.54, 1.807) is 26.0 Å². The SMILES string of the molecule is Cc1ccc(C)c2c1C(=O)N(C(CO)CO)C2=O. The van der Waals surface area contributed by atoms with Gasteiger partial charge in [0, 0.05) is 0 Å². The number of carbonyl (C=O) groups excluding carboxylic acids is 2. The van der Waals surface area contributed by atoms with E-state index in [9.17, 15) is 9.59 Å². The van der Waals surface area contributed by atoms with E-state index in [0.29, 0.717) is 11.1 Å². The van der Waals surface area contributed by atoms with Gasteiger partial charge in [-0.15, -0.1) is 0 Å². The zero-order valence-corrected chi connectivity index (χ0v) is 10.3. The number of aliphatic hydroxyl groups excluding tert-OH is 2. The van der Waals surface area contributed by atoms with E-state index in [2.05, 4.69) is 0 Å². The van der Waals surface area contributed by atoms with E-state index in [0.717, 1.165) is 16.0 Å². The van der Waals surface area contributed by atoms with Crippen molar-refractivity contribution in [2.24, 2.45) is 0 Å². The first-order valence-electron chi connectivity index (χ1n) is 5.72. The van der Waals surface area contributed by atoms with Crippen LogP contribution in [0.25, 0.3) is 0 Å². The molecule has 2 N–H and O–H groups in total. The first-order valence-corrected chi connectivity index (χ1v) is 5.72. The maximum Gasteiger partial charge on any atom is 0.262 e. The number of amides is 2. The number of hydrogen-bond acceptors (Lipinski definition) is 4. The van der Waals surface area contributed by atoms with Gasteiger partial charge in [-0.3, -0.25) is 14.5 Å². The first-order chi connectivity index (χ1) is 8.52. The highest BCUT2D eigenvalue weighted by atomic mass is 16.3. The number of benzene rings is 1. The summed E-state index contributed by atoms with van der Waals surface area (Å²) in [6, 6.07) is 2.70. The summed E-state index contributed by atoms with van der Waals surface area (Å²) in [6.45, 7) is 2.64. The Hall–Kier alpha value is -1.72. The van der Waals surface area contributed by atoms with Gasteiger partial charge in [0.2, 0.25) is 0 Å². The lowest BCUT2D eigenvalue weighted by molar-refractivity contribution is 0.0418. The molecule has 1 heterocycles. The Morgan fingerprint density at radius 3 is 1.72 bits per heavy atom. The molecule has 5 nitrogen and oxygen atoms in total. The summed E-state index contributed by atoms with van der Waals surface area (Å²) in [4.78, 5) is 25.4. The van der Waals surface area contributed by atoms with Gasteiger partial charge in [-0.2, -0.15) is 0 Å². The summed E-state index contributed by atoms with van der Waals surface area (Å²) in [6.07, 6.45) is 0. The molecule has 0 spiro atoms. The molecule has 18 heavy (non-hydrogen) atoms. The van der Waals surface area contributed by atoms with Crippen molar-refractivity contribution in [3.8, 4) is 0 Å². The summed E-state index contributed by atoms with van der Waals surface area (Å²) < 4.78 is 0. The van der Waals surface area contributed by atoms with Gasteiger partial charge in [0.25, 0.3) is 11.8 Å². The molecule has 1 aromatic rings. The van der Waals surface area contributed by atoms with E-state index < -0.39 is 31.1 Å². The molecule has 0 unspecified atom stereocenters. The fraction of sp³-hybridized carbons (Fsp3) is 0.385. The second-order valence-corrected chi connectivity index (χ2v) is 4.45. The van der Waals surface area contributed by atoms with Crippen molar-refractivity contribution >= 4 is 11.8 Å². The Kier molecular flexibility index (Phi) is 3.19. The molecule has 1 aliphatic heterocycles. The molecule has 2 rings (SSSR count). The van der Waals surface area contributed by atoms with Crippen molar-refractivity contribution in [3.05, 3.63) is 34.4 Å². The van der Waals surface area contributed by atoms with Crippen LogP contribution in [-0.2, 0) is 0 Å². The molecule has 0 bridgehead atoms. The van der Waals surface area contributed by atoms with Gasteiger partial charge in [0.15, 0.2) is 0 Å². The molecule has 1 aromatic carbocycles. The van der Waals surface area contributed by atoms with Crippen molar-refractivity contribution in [2.45, 2.75) is 19.9 Å². The summed E-state index contributed by atoms with van der Waals surface area (Å²) in [5, 5.41) is 18.3. The molecule has 96 valence electrons. The van der Waals surface area contributed by atoms with Crippen LogP contribution in [0.1, 0.15) is 31.8 Å². The summed E-state index contributed by atoms with van der Waals surface area (Å²) in [5.74, 6) is -0.881. The van der Waals surface area contributed by atoms with Crippen LogP contribution < -0.4 is 0 Å². The third-order valence-electron chi connectivity index (χ3n) is 3.27. The fourth-order valence-corrected chi connectivity index (χ4v) is 2.25. The number of aryl methyl sites for hydroxylation is 2. The van der Waals surface area contributed by atoms with Gasteiger partial charge in [-0.05, 0) is 25.0 Å². The minimum absolute atomic E-state index is 0.381. The zero-order chi connectivity index (χ0) is 13.4. The molecule has 0 saturated carbocycles. The number of hydrogen-bond donors (Lipinski definition) is 2. The predicted octanol–water partition coefficient (Wildman–Crippen LogP) is 0.253. The Balaban J connectivity index is 2.57. The summed E-state index contributed by atoms with van der Waals surface area (Å²) >= 11 is 0. The number of imide groups is 1. The summed E-state index contributed by atoms with van der Waals surface area (Å²) in [7, 11) is 0. The maximum atomic E-state index is 12.2. The van der Waals surface area contributed by atoms with E-state index in [1.807, 2.05) is 0 Å². The lowest BCUT2D eigenvalue weighted by Gasteiger charge is -2.22. The standard InChI is InChI=1S/C13H15NO4/c1-7-3-4-8(2)11-10(7)12(17)14(13(11)18)9(5-15)6-16/h3-4,9,15-16H,5-6H2,1-2H3. The second kappa shape index (κ2) is 4.51. The highest BCUT2D eigenvalue weighted by molar-refractivity contribution is 6.22. The van der Waals surface area contributed by atoms with Gasteiger partial charge in [0.1, 0.15) is 0 Å². The Bertz CT molecular complexity index is 479. The van der Waals surface area contributed by atoms with Crippen LogP contribution in [0.3, 0.4) is 0 Å².